The Hall–Kier alpha value is -1.87. The summed E-state index contributed by atoms with van der Waals surface area (Å²) in [6.07, 6.45) is 0.666. The molecule has 0 amide bonds. The molecule has 3 heteroatoms. The van der Waals surface area contributed by atoms with Crippen molar-refractivity contribution in [2.45, 2.75) is 33.1 Å². The molecule has 112 valence electrons. The second kappa shape index (κ2) is 6.72. The molecule has 0 unspecified atom stereocenters. The zero-order valence-corrected chi connectivity index (χ0v) is 12.8. The van der Waals surface area contributed by atoms with Gasteiger partial charge in [-0.25, -0.2) is 4.39 Å². The van der Waals surface area contributed by atoms with E-state index in [1.807, 2.05) is 25.1 Å². The van der Waals surface area contributed by atoms with Gasteiger partial charge in [-0.15, -0.1) is 0 Å². The highest BCUT2D eigenvalue weighted by atomic mass is 19.1. The molecule has 0 aliphatic carbocycles. The van der Waals surface area contributed by atoms with Crippen LogP contribution in [0.15, 0.2) is 36.4 Å². The number of halogens is 1. The van der Waals surface area contributed by atoms with Crippen LogP contribution in [0.5, 0.6) is 11.5 Å². The van der Waals surface area contributed by atoms with Crippen LogP contribution < -0.4 is 10.5 Å². The van der Waals surface area contributed by atoms with Gasteiger partial charge in [-0.1, -0.05) is 32.0 Å². The molecule has 0 atom stereocenters. The van der Waals surface area contributed by atoms with Gasteiger partial charge in [0.2, 0.25) is 0 Å². The van der Waals surface area contributed by atoms with Gasteiger partial charge in [-0.05, 0) is 60.7 Å². The smallest absolute Gasteiger partial charge is 0.165 e. The number of rotatable bonds is 5. The fraction of sp³-hybridized carbons (Fsp3) is 0.333. The molecular weight excluding hydrogens is 265 g/mol. The predicted octanol–water partition coefficient (Wildman–Crippen LogP) is 4.55. The molecule has 0 radical (unpaired) electrons. The van der Waals surface area contributed by atoms with Crippen LogP contribution in [0.2, 0.25) is 0 Å². The molecule has 0 spiro atoms. The predicted molar refractivity (Wildman–Crippen MR) is 84.5 cm³/mol. The number of ether oxygens (including phenoxy) is 1. The summed E-state index contributed by atoms with van der Waals surface area (Å²) in [5, 5.41) is 0. The fourth-order valence-electron chi connectivity index (χ4n) is 2.15. The van der Waals surface area contributed by atoms with Crippen LogP contribution in [0.3, 0.4) is 0 Å². The summed E-state index contributed by atoms with van der Waals surface area (Å²) in [6.45, 7) is 6.71. The topological polar surface area (TPSA) is 35.2 Å². The lowest BCUT2D eigenvalue weighted by molar-refractivity contribution is 0.438. The molecule has 0 heterocycles. The third-order valence-electron chi connectivity index (χ3n) is 3.53. The quantitative estimate of drug-likeness (QED) is 0.875. The molecule has 0 aliphatic rings. The van der Waals surface area contributed by atoms with Gasteiger partial charge in [-0.3, -0.25) is 0 Å². The summed E-state index contributed by atoms with van der Waals surface area (Å²) in [7, 11) is 0. The molecule has 2 aromatic rings. The first-order valence-corrected chi connectivity index (χ1v) is 7.28. The average molecular weight is 287 g/mol. The van der Waals surface area contributed by atoms with E-state index in [1.54, 1.807) is 6.07 Å². The number of benzene rings is 2. The Bertz CT molecular complexity index is 623. The van der Waals surface area contributed by atoms with Gasteiger partial charge in [-0.2, -0.15) is 0 Å². The molecule has 2 aromatic carbocycles. The van der Waals surface area contributed by atoms with E-state index >= 15 is 0 Å². The van der Waals surface area contributed by atoms with E-state index in [0.29, 0.717) is 24.6 Å². The molecule has 0 aliphatic heterocycles. The van der Waals surface area contributed by atoms with Gasteiger partial charge in [0, 0.05) is 0 Å². The minimum atomic E-state index is -0.352. The summed E-state index contributed by atoms with van der Waals surface area (Å²) in [5.41, 5.74) is 8.53. The summed E-state index contributed by atoms with van der Waals surface area (Å²) < 4.78 is 19.8. The maximum atomic E-state index is 14.1. The Labute approximate surface area is 125 Å². The number of aryl methyl sites for hydroxylation is 1. The molecule has 21 heavy (non-hydrogen) atoms. The molecule has 0 saturated carbocycles. The Morgan fingerprint density at radius 3 is 2.48 bits per heavy atom. The van der Waals surface area contributed by atoms with Crippen LogP contribution in [-0.4, -0.2) is 6.54 Å². The first kappa shape index (κ1) is 15.5. The van der Waals surface area contributed by atoms with Gasteiger partial charge in [0.15, 0.2) is 11.6 Å². The van der Waals surface area contributed by atoms with Crippen LogP contribution >= 0.6 is 0 Å². The van der Waals surface area contributed by atoms with Crippen molar-refractivity contribution >= 4 is 0 Å². The normalized spacial score (nSPS) is 11.0. The van der Waals surface area contributed by atoms with E-state index in [9.17, 15) is 4.39 Å². The maximum absolute atomic E-state index is 14.1. The molecule has 0 fully saturated rings. The Morgan fingerprint density at radius 1 is 1.10 bits per heavy atom. The standard InChI is InChI=1S/C18H22FNO/c1-12(2)15-6-4-13(3)18(11-15)21-17-7-5-14(8-9-20)10-16(17)19/h4-7,10-12H,8-9,20H2,1-3H3. The van der Waals surface area contributed by atoms with Crippen LogP contribution in [0.25, 0.3) is 0 Å². The number of hydrogen-bond acceptors (Lipinski definition) is 2. The van der Waals surface area contributed by atoms with Gasteiger partial charge in [0.05, 0.1) is 0 Å². The Balaban J connectivity index is 2.27. The fourth-order valence-corrected chi connectivity index (χ4v) is 2.15. The minimum absolute atomic E-state index is 0.250. The van der Waals surface area contributed by atoms with E-state index < -0.39 is 0 Å². The van der Waals surface area contributed by atoms with Crippen molar-refractivity contribution in [3.63, 3.8) is 0 Å². The van der Waals surface area contributed by atoms with E-state index in [4.69, 9.17) is 10.5 Å². The second-order valence-electron chi connectivity index (χ2n) is 5.59. The Morgan fingerprint density at radius 2 is 1.86 bits per heavy atom. The van der Waals surface area contributed by atoms with Crippen molar-refractivity contribution < 1.29 is 9.13 Å². The van der Waals surface area contributed by atoms with Crippen LogP contribution in [0.4, 0.5) is 4.39 Å². The van der Waals surface area contributed by atoms with Crippen molar-refractivity contribution in [2.24, 2.45) is 5.73 Å². The summed E-state index contributed by atoms with van der Waals surface area (Å²) in [4.78, 5) is 0. The minimum Gasteiger partial charge on any atom is -0.454 e. The molecule has 0 bridgehead atoms. The van der Waals surface area contributed by atoms with Crippen LogP contribution in [-0.2, 0) is 6.42 Å². The molecule has 2 rings (SSSR count). The first-order chi connectivity index (χ1) is 10.0. The monoisotopic (exact) mass is 287 g/mol. The van der Waals surface area contributed by atoms with Crippen molar-refractivity contribution in [3.05, 3.63) is 58.9 Å². The van der Waals surface area contributed by atoms with Gasteiger partial charge in [0.1, 0.15) is 5.75 Å². The maximum Gasteiger partial charge on any atom is 0.165 e. The first-order valence-electron chi connectivity index (χ1n) is 7.28. The zero-order chi connectivity index (χ0) is 15.4. The van der Waals surface area contributed by atoms with E-state index in [0.717, 1.165) is 11.1 Å². The third kappa shape index (κ3) is 3.82. The zero-order valence-electron chi connectivity index (χ0n) is 12.8. The van der Waals surface area contributed by atoms with Crippen molar-refractivity contribution in [3.8, 4) is 11.5 Å². The van der Waals surface area contributed by atoms with E-state index in [-0.39, 0.29) is 11.6 Å². The summed E-state index contributed by atoms with van der Waals surface area (Å²) in [6, 6.07) is 11.1. The average Bonchev–Trinajstić information content (AvgIpc) is 2.44. The second-order valence-corrected chi connectivity index (χ2v) is 5.59. The lowest BCUT2D eigenvalue weighted by Crippen LogP contribution is -2.03. The Kier molecular flexibility index (Phi) is 4.97. The number of nitrogens with two attached hydrogens (primary N) is 1. The summed E-state index contributed by atoms with van der Waals surface area (Å²) >= 11 is 0. The summed E-state index contributed by atoms with van der Waals surface area (Å²) in [5.74, 6) is 1.01. The van der Waals surface area contributed by atoms with Crippen LogP contribution in [0.1, 0.15) is 36.5 Å². The van der Waals surface area contributed by atoms with Crippen molar-refractivity contribution in [1.82, 2.24) is 0 Å². The van der Waals surface area contributed by atoms with Gasteiger partial charge in [0.25, 0.3) is 0 Å². The molecule has 2 N–H and O–H groups in total. The van der Waals surface area contributed by atoms with E-state index in [2.05, 4.69) is 19.9 Å². The highest BCUT2D eigenvalue weighted by Gasteiger charge is 2.09. The SMILES string of the molecule is Cc1ccc(C(C)C)cc1Oc1ccc(CCN)cc1F. The van der Waals surface area contributed by atoms with Gasteiger partial charge >= 0.3 is 0 Å². The molecule has 2 nitrogen and oxygen atoms in total. The van der Waals surface area contributed by atoms with Crippen LogP contribution in [0, 0.1) is 12.7 Å². The third-order valence-corrected chi connectivity index (χ3v) is 3.53. The lowest BCUT2D eigenvalue weighted by atomic mass is 10.0. The molecular formula is C18H22FNO. The highest BCUT2D eigenvalue weighted by Crippen LogP contribution is 2.30. The highest BCUT2D eigenvalue weighted by molar-refractivity contribution is 5.42. The van der Waals surface area contributed by atoms with Crippen molar-refractivity contribution in [1.29, 1.82) is 0 Å². The largest absolute Gasteiger partial charge is 0.454 e. The molecule has 0 saturated heterocycles. The molecule has 0 aromatic heterocycles. The lowest BCUT2D eigenvalue weighted by Gasteiger charge is -2.13. The number of hydrogen-bond donors (Lipinski definition) is 1. The van der Waals surface area contributed by atoms with E-state index in [1.165, 1.54) is 11.6 Å². The van der Waals surface area contributed by atoms with Gasteiger partial charge < -0.3 is 10.5 Å². The van der Waals surface area contributed by atoms with Crippen molar-refractivity contribution in [2.75, 3.05) is 6.54 Å².